The molecule has 1 amide bonds. The van der Waals surface area contributed by atoms with E-state index in [9.17, 15) is 4.79 Å². The first kappa shape index (κ1) is 13.4. The highest BCUT2D eigenvalue weighted by Crippen LogP contribution is 2.37. The maximum atomic E-state index is 11.7. The molecular formula is C16H22N2O2. The van der Waals surface area contributed by atoms with Crippen LogP contribution in [-0.2, 0) is 17.8 Å². The summed E-state index contributed by atoms with van der Waals surface area (Å²) >= 11 is 0. The number of nitrogens with one attached hydrogen (secondary N) is 2. The molecule has 0 bridgehead atoms. The van der Waals surface area contributed by atoms with E-state index < -0.39 is 0 Å². The standard InChI is InChI=1S/C16H22N2O2/c1-16(2)9-11-5-3-6-12(14(11)20-16)10-18-13-7-4-8-17-15(13)19/h3,5-6,13,18H,4,7-10H2,1-2H3,(H,17,19). The second kappa shape index (κ2) is 5.09. The number of carbonyl (C=O) groups excluding carboxylic acids is 1. The van der Waals surface area contributed by atoms with Crippen LogP contribution in [0, 0.1) is 0 Å². The molecule has 2 N–H and O–H groups in total. The van der Waals surface area contributed by atoms with Gasteiger partial charge in [0.05, 0.1) is 6.04 Å². The molecule has 0 saturated carbocycles. The van der Waals surface area contributed by atoms with Gasteiger partial charge in [-0.25, -0.2) is 0 Å². The van der Waals surface area contributed by atoms with Crippen LogP contribution >= 0.6 is 0 Å². The lowest BCUT2D eigenvalue weighted by Gasteiger charge is -2.23. The molecule has 4 heteroatoms. The first-order valence-electron chi connectivity index (χ1n) is 7.36. The Balaban J connectivity index is 1.70. The highest BCUT2D eigenvalue weighted by molar-refractivity contribution is 5.82. The van der Waals surface area contributed by atoms with Gasteiger partial charge in [0, 0.05) is 25.1 Å². The lowest BCUT2D eigenvalue weighted by molar-refractivity contribution is -0.124. The number of benzene rings is 1. The van der Waals surface area contributed by atoms with Gasteiger partial charge in [0.25, 0.3) is 0 Å². The Hall–Kier alpha value is -1.55. The van der Waals surface area contributed by atoms with Crippen LogP contribution in [0.4, 0.5) is 0 Å². The van der Waals surface area contributed by atoms with Crippen LogP contribution in [0.15, 0.2) is 18.2 Å². The van der Waals surface area contributed by atoms with Crippen LogP contribution in [0.2, 0.25) is 0 Å². The summed E-state index contributed by atoms with van der Waals surface area (Å²) in [5.74, 6) is 1.12. The molecule has 0 aromatic heterocycles. The van der Waals surface area contributed by atoms with Gasteiger partial charge in [-0.1, -0.05) is 18.2 Å². The number of fused-ring (bicyclic) bond motifs is 1. The molecule has 0 radical (unpaired) electrons. The molecule has 0 spiro atoms. The predicted molar refractivity (Wildman–Crippen MR) is 77.7 cm³/mol. The van der Waals surface area contributed by atoms with Gasteiger partial charge >= 0.3 is 0 Å². The second-order valence-corrected chi connectivity index (χ2v) is 6.31. The van der Waals surface area contributed by atoms with Gasteiger partial charge in [-0.3, -0.25) is 4.79 Å². The molecule has 108 valence electrons. The van der Waals surface area contributed by atoms with E-state index in [0.717, 1.165) is 37.1 Å². The maximum Gasteiger partial charge on any atom is 0.237 e. The van der Waals surface area contributed by atoms with E-state index in [2.05, 4.69) is 42.7 Å². The molecule has 1 aromatic rings. The molecule has 0 aliphatic carbocycles. The largest absolute Gasteiger partial charge is 0.487 e. The molecular weight excluding hydrogens is 252 g/mol. The second-order valence-electron chi connectivity index (χ2n) is 6.31. The highest BCUT2D eigenvalue weighted by Gasteiger charge is 2.31. The van der Waals surface area contributed by atoms with Gasteiger partial charge < -0.3 is 15.4 Å². The fourth-order valence-electron chi connectivity index (χ4n) is 3.02. The molecule has 1 fully saturated rings. The van der Waals surface area contributed by atoms with Gasteiger partial charge in [-0.05, 0) is 32.3 Å². The zero-order valence-corrected chi connectivity index (χ0v) is 12.2. The van der Waals surface area contributed by atoms with Crippen molar-refractivity contribution in [1.82, 2.24) is 10.6 Å². The summed E-state index contributed by atoms with van der Waals surface area (Å²) in [7, 11) is 0. The van der Waals surface area contributed by atoms with Crippen LogP contribution in [0.3, 0.4) is 0 Å². The molecule has 1 aromatic carbocycles. The number of amides is 1. The Kier molecular flexibility index (Phi) is 3.42. The minimum absolute atomic E-state index is 0.0750. The summed E-state index contributed by atoms with van der Waals surface area (Å²) in [6.07, 6.45) is 2.90. The van der Waals surface area contributed by atoms with E-state index >= 15 is 0 Å². The summed E-state index contributed by atoms with van der Waals surface area (Å²) in [5, 5.41) is 6.25. The summed E-state index contributed by atoms with van der Waals surface area (Å²) in [4.78, 5) is 11.7. The lowest BCUT2D eigenvalue weighted by atomic mass is 10.0. The topological polar surface area (TPSA) is 50.4 Å². The van der Waals surface area contributed by atoms with Gasteiger partial charge in [0.2, 0.25) is 5.91 Å². The molecule has 20 heavy (non-hydrogen) atoms. The lowest BCUT2D eigenvalue weighted by Crippen LogP contribution is -2.47. The Morgan fingerprint density at radius 3 is 3.10 bits per heavy atom. The zero-order valence-electron chi connectivity index (χ0n) is 12.2. The molecule has 4 nitrogen and oxygen atoms in total. The number of para-hydroxylation sites is 1. The summed E-state index contributed by atoms with van der Waals surface area (Å²) < 4.78 is 6.05. The van der Waals surface area contributed by atoms with Crippen molar-refractivity contribution in [3.63, 3.8) is 0 Å². The van der Waals surface area contributed by atoms with Crippen molar-refractivity contribution >= 4 is 5.91 Å². The fraction of sp³-hybridized carbons (Fsp3) is 0.562. The summed E-state index contributed by atoms with van der Waals surface area (Å²) in [6, 6.07) is 6.20. The van der Waals surface area contributed by atoms with Crippen LogP contribution < -0.4 is 15.4 Å². The summed E-state index contributed by atoms with van der Waals surface area (Å²) in [6.45, 7) is 5.70. The average Bonchev–Trinajstić information content (AvgIpc) is 2.72. The third-order valence-corrected chi connectivity index (χ3v) is 4.00. The quantitative estimate of drug-likeness (QED) is 0.883. The number of ether oxygens (including phenoxy) is 1. The molecule has 3 rings (SSSR count). The smallest absolute Gasteiger partial charge is 0.237 e. The maximum absolute atomic E-state index is 11.7. The number of hydrogen-bond acceptors (Lipinski definition) is 3. The van der Waals surface area contributed by atoms with Gasteiger partial charge in [0.1, 0.15) is 11.4 Å². The Morgan fingerprint density at radius 2 is 2.30 bits per heavy atom. The fourth-order valence-corrected chi connectivity index (χ4v) is 3.02. The van der Waals surface area contributed by atoms with Gasteiger partial charge in [-0.2, -0.15) is 0 Å². The first-order valence-corrected chi connectivity index (χ1v) is 7.36. The van der Waals surface area contributed by atoms with Crippen molar-refractivity contribution in [3.05, 3.63) is 29.3 Å². The van der Waals surface area contributed by atoms with E-state index in [1.54, 1.807) is 0 Å². The first-order chi connectivity index (χ1) is 9.55. The Bertz CT molecular complexity index is 525. The third-order valence-electron chi connectivity index (χ3n) is 4.00. The van der Waals surface area contributed by atoms with Crippen LogP contribution in [0.5, 0.6) is 5.75 Å². The number of piperidine rings is 1. The van der Waals surface area contributed by atoms with Crippen LogP contribution in [0.1, 0.15) is 37.8 Å². The van der Waals surface area contributed by atoms with E-state index in [1.165, 1.54) is 5.56 Å². The number of rotatable bonds is 3. The minimum atomic E-state index is -0.124. The molecule has 2 aliphatic rings. The van der Waals surface area contributed by atoms with E-state index in [4.69, 9.17) is 4.74 Å². The monoisotopic (exact) mass is 274 g/mol. The van der Waals surface area contributed by atoms with Gasteiger partial charge in [0.15, 0.2) is 0 Å². The van der Waals surface area contributed by atoms with E-state index in [0.29, 0.717) is 6.54 Å². The molecule has 1 unspecified atom stereocenters. The van der Waals surface area contributed by atoms with Crippen LogP contribution in [-0.4, -0.2) is 24.1 Å². The van der Waals surface area contributed by atoms with Gasteiger partial charge in [-0.15, -0.1) is 0 Å². The number of carbonyl (C=O) groups is 1. The van der Waals surface area contributed by atoms with Crippen molar-refractivity contribution in [2.75, 3.05) is 6.54 Å². The Morgan fingerprint density at radius 1 is 1.45 bits per heavy atom. The summed E-state index contributed by atoms with van der Waals surface area (Å²) in [5.41, 5.74) is 2.29. The molecule has 1 saturated heterocycles. The van der Waals surface area contributed by atoms with Crippen LogP contribution in [0.25, 0.3) is 0 Å². The number of hydrogen-bond donors (Lipinski definition) is 2. The molecule has 1 atom stereocenters. The van der Waals surface area contributed by atoms with Crippen molar-refractivity contribution in [2.24, 2.45) is 0 Å². The van der Waals surface area contributed by atoms with Crippen molar-refractivity contribution in [1.29, 1.82) is 0 Å². The predicted octanol–water partition coefficient (Wildman–Crippen LogP) is 1.77. The SMILES string of the molecule is CC1(C)Cc2cccc(CNC3CCCNC3=O)c2O1. The van der Waals surface area contributed by atoms with E-state index in [1.807, 2.05) is 0 Å². The molecule has 2 aliphatic heterocycles. The highest BCUT2D eigenvalue weighted by atomic mass is 16.5. The van der Waals surface area contributed by atoms with E-state index in [-0.39, 0.29) is 17.6 Å². The normalized spacial score (nSPS) is 23.9. The minimum Gasteiger partial charge on any atom is -0.487 e. The van der Waals surface area contributed by atoms with Crippen molar-refractivity contribution in [3.8, 4) is 5.75 Å². The van der Waals surface area contributed by atoms with Crippen molar-refractivity contribution in [2.45, 2.75) is 51.3 Å². The third kappa shape index (κ3) is 2.66. The average molecular weight is 274 g/mol. The Labute approximate surface area is 119 Å². The zero-order chi connectivity index (χ0) is 14.2. The van der Waals surface area contributed by atoms with Crippen molar-refractivity contribution < 1.29 is 9.53 Å². The molecule has 2 heterocycles.